The fourth-order valence-corrected chi connectivity index (χ4v) is 3.35. The van der Waals surface area contributed by atoms with Gasteiger partial charge in [0.25, 0.3) is 5.91 Å². The molecule has 1 fully saturated rings. The maximum atomic E-state index is 12.4. The van der Waals surface area contributed by atoms with E-state index < -0.39 is 0 Å². The summed E-state index contributed by atoms with van der Waals surface area (Å²) in [6.45, 7) is 0.939. The van der Waals surface area contributed by atoms with Crippen LogP contribution in [-0.4, -0.2) is 42.3 Å². The van der Waals surface area contributed by atoms with Crippen molar-refractivity contribution in [1.82, 2.24) is 10.2 Å². The third kappa shape index (κ3) is 5.33. The average molecular weight is 400 g/mol. The first-order valence-electron chi connectivity index (χ1n) is 9.20. The second kappa shape index (κ2) is 9.37. The molecule has 28 heavy (non-hydrogen) atoms. The van der Waals surface area contributed by atoms with Crippen molar-refractivity contribution in [2.75, 3.05) is 25.0 Å². The van der Waals surface area contributed by atoms with Crippen molar-refractivity contribution >= 4 is 35.0 Å². The summed E-state index contributed by atoms with van der Waals surface area (Å²) < 4.78 is 0. The maximum Gasteiger partial charge on any atom is 0.251 e. The molecule has 0 saturated carbocycles. The van der Waals surface area contributed by atoms with E-state index in [0.29, 0.717) is 42.2 Å². The monoisotopic (exact) mass is 399 g/mol. The Morgan fingerprint density at radius 1 is 1.00 bits per heavy atom. The molecule has 6 nitrogen and oxygen atoms in total. The summed E-state index contributed by atoms with van der Waals surface area (Å²) in [5.74, 6) is -0.628. The predicted molar refractivity (Wildman–Crippen MR) is 108 cm³/mol. The van der Waals surface area contributed by atoms with Crippen LogP contribution in [0.2, 0.25) is 5.02 Å². The lowest BCUT2D eigenvalue weighted by molar-refractivity contribution is -0.133. The maximum absolute atomic E-state index is 12.4. The summed E-state index contributed by atoms with van der Waals surface area (Å²) in [5.41, 5.74) is 1.19. The quantitative estimate of drug-likeness (QED) is 0.811. The largest absolute Gasteiger partial charge is 0.343 e. The Morgan fingerprint density at radius 3 is 2.39 bits per heavy atom. The second-order valence-electron chi connectivity index (χ2n) is 6.70. The zero-order chi connectivity index (χ0) is 19.9. The number of rotatable bonds is 5. The highest BCUT2D eigenvalue weighted by Crippen LogP contribution is 2.21. The molecule has 3 amide bonds. The van der Waals surface area contributed by atoms with Gasteiger partial charge in [0.2, 0.25) is 11.8 Å². The summed E-state index contributed by atoms with van der Waals surface area (Å²) in [4.78, 5) is 38.5. The number of carbonyl (C=O) groups is 3. The van der Waals surface area contributed by atoms with E-state index in [4.69, 9.17) is 11.6 Å². The van der Waals surface area contributed by atoms with Crippen LogP contribution in [0.3, 0.4) is 0 Å². The van der Waals surface area contributed by atoms with E-state index in [2.05, 4.69) is 10.6 Å². The molecule has 0 aromatic heterocycles. The number of amides is 3. The molecule has 2 aromatic rings. The van der Waals surface area contributed by atoms with Crippen molar-refractivity contribution in [3.8, 4) is 0 Å². The fourth-order valence-electron chi connectivity index (χ4n) is 3.16. The number of hydrogen-bond acceptors (Lipinski definition) is 3. The smallest absolute Gasteiger partial charge is 0.251 e. The van der Waals surface area contributed by atoms with E-state index in [9.17, 15) is 14.4 Å². The molecule has 0 radical (unpaired) electrons. The number of hydrogen-bond donors (Lipinski definition) is 2. The van der Waals surface area contributed by atoms with Crippen molar-refractivity contribution in [1.29, 1.82) is 0 Å². The van der Waals surface area contributed by atoms with Crippen LogP contribution in [0.25, 0.3) is 0 Å². The first-order valence-corrected chi connectivity index (χ1v) is 9.58. The van der Waals surface area contributed by atoms with E-state index in [-0.39, 0.29) is 30.2 Å². The topological polar surface area (TPSA) is 78.5 Å². The molecule has 1 saturated heterocycles. The van der Waals surface area contributed by atoms with Crippen LogP contribution >= 0.6 is 11.6 Å². The highest BCUT2D eigenvalue weighted by molar-refractivity contribution is 6.30. The summed E-state index contributed by atoms with van der Waals surface area (Å²) in [5, 5.41) is 6.08. The molecule has 2 aromatic carbocycles. The van der Waals surface area contributed by atoms with E-state index in [1.54, 1.807) is 53.4 Å². The molecule has 0 unspecified atom stereocenters. The van der Waals surface area contributed by atoms with Crippen LogP contribution in [-0.2, 0) is 9.59 Å². The number of nitrogens with one attached hydrogen (secondary N) is 2. The summed E-state index contributed by atoms with van der Waals surface area (Å²) in [6.07, 6.45) is 1.18. The highest BCUT2D eigenvalue weighted by atomic mass is 35.5. The normalized spacial score (nSPS) is 14.4. The van der Waals surface area contributed by atoms with E-state index >= 15 is 0 Å². The minimum atomic E-state index is -0.273. The van der Waals surface area contributed by atoms with Crippen molar-refractivity contribution in [3.63, 3.8) is 0 Å². The van der Waals surface area contributed by atoms with E-state index in [1.807, 2.05) is 6.07 Å². The van der Waals surface area contributed by atoms with Gasteiger partial charge in [-0.3, -0.25) is 14.4 Å². The third-order valence-electron chi connectivity index (χ3n) is 4.75. The van der Waals surface area contributed by atoms with Crippen LogP contribution in [0.15, 0.2) is 54.6 Å². The molecule has 1 aliphatic rings. The van der Waals surface area contributed by atoms with Gasteiger partial charge < -0.3 is 15.5 Å². The molecule has 1 heterocycles. The van der Waals surface area contributed by atoms with Gasteiger partial charge in [0.15, 0.2) is 0 Å². The Bertz CT molecular complexity index is 849. The lowest BCUT2D eigenvalue weighted by atomic mass is 9.95. The second-order valence-corrected chi connectivity index (χ2v) is 7.14. The van der Waals surface area contributed by atoms with Crippen LogP contribution in [0.4, 0.5) is 5.69 Å². The standard InChI is InChI=1S/C21H22ClN3O3/c22-17-7-4-8-18(13-17)24-21(28)16-9-11-25(12-10-16)19(26)14-23-20(27)15-5-2-1-3-6-15/h1-8,13,16H,9-12,14H2,(H,23,27)(H,24,28). The SMILES string of the molecule is O=C(NCC(=O)N1CCC(C(=O)Nc2cccc(Cl)c2)CC1)c1ccccc1. The van der Waals surface area contributed by atoms with Crippen molar-refractivity contribution in [2.45, 2.75) is 12.8 Å². The molecule has 7 heteroatoms. The minimum absolute atomic E-state index is 0.0485. The Morgan fingerprint density at radius 2 is 1.71 bits per heavy atom. The van der Waals surface area contributed by atoms with Gasteiger partial charge in [-0.05, 0) is 43.2 Å². The van der Waals surface area contributed by atoms with Crippen LogP contribution < -0.4 is 10.6 Å². The number of nitrogens with zero attached hydrogens (tertiary/aromatic N) is 1. The Labute approximate surface area is 168 Å². The fraction of sp³-hybridized carbons (Fsp3) is 0.286. The number of likely N-dealkylation sites (tertiary alicyclic amines) is 1. The number of halogens is 1. The molecule has 0 bridgehead atoms. The molecule has 0 atom stereocenters. The summed E-state index contributed by atoms with van der Waals surface area (Å²) >= 11 is 5.93. The summed E-state index contributed by atoms with van der Waals surface area (Å²) in [6, 6.07) is 15.8. The van der Waals surface area contributed by atoms with Gasteiger partial charge >= 0.3 is 0 Å². The van der Waals surface area contributed by atoms with Crippen molar-refractivity contribution in [3.05, 3.63) is 65.2 Å². The molecular weight excluding hydrogens is 378 g/mol. The van der Waals surface area contributed by atoms with Crippen LogP contribution in [0.1, 0.15) is 23.2 Å². The van der Waals surface area contributed by atoms with E-state index in [0.717, 1.165) is 0 Å². The first kappa shape index (κ1) is 19.9. The third-order valence-corrected chi connectivity index (χ3v) is 4.98. The minimum Gasteiger partial charge on any atom is -0.343 e. The van der Waals surface area contributed by atoms with Gasteiger partial charge in [0.1, 0.15) is 0 Å². The molecule has 1 aliphatic heterocycles. The van der Waals surface area contributed by atoms with Gasteiger partial charge in [0, 0.05) is 35.3 Å². The highest BCUT2D eigenvalue weighted by Gasteiger charge is 2.27. The zero-order valence-electron chi connectivity index (χ0n) is 15.4. The predicted octanol–water partition coefficient (Wildman–Crippen LogP) is 2.95. The molecule has 3 rings (SSSR count). The zero-order valence-corrected chi connectivity index (χ0v) is 16.1. The molecule has 0 spiro atoms. The van der Waals surface area contributed by atoms with Crippen LogP contribution in [0, 0.1) is 5.92 Å². The number of carbonyl (C=O) groups excluding carboxylic acids is 3. The first-order chi connectivity index (χ1) is 13.5. The number of benzene rings is 2. The lowest BCUT2D eigenvalue weighted by Gasteiger charge is -2.31. The van der Waals surface area contributed by atoms with Crippen molar-refractivity contribution in [2.24, 2.45) is 5.92 Å². The van der Waals surface area contributed by atoms with Gasteiger partial charge in [-0.25, -0.2) is 0 Å². The molecule has 146 valence electrons. The van der Waals surface area contributed by atoms with Gasteiger partial charge in [0.05, 0.1) is 6.54 Å². The molecular formula is C21H22ClN3O3. The molecule has 0 aliphatic carbocycles. The van der Waals surface area contributed by atoms with Crippen molar-refractivity contribution < 1.29 is 14.4 Å². The number of anilines is 1. The van der Waals surface area contributed by atoms with Gasteiger partial charge in [-0.2, -0.15) is 0 Å². The van der Waals surface area contributed by atoms with Gasteiger partial charge in [-0.1, -0.05) is 35.9 Å². The average Bonchev–Trinajstić information content (AvgIpc) is 2.72. The Balaban J connectivity index is 1.43. The lowest BCUT2D eigenvalue weighted by Crippen LogP contribution is -2.45. The number of piperidine rings is 1. The summed E-state index contributed by atoms with van der Waals surface area (Å²) in [7, 11) is 0. The van der Waals surface area contributed by atoms with Crippen LogP contribution in [0.5, 0.6) is 0 Å². The van der Waals surface area contributed by atoms with Gasteiger partial charge in [-0.15, -0.1) is 0 Å². The molecule has 2 N–H and O–H groups in total. The Kier molecular flexibility index (Phi) is 6.66. The van der Waals surface area contributed by atoms with E-state index in [1.165, 1.54) is 0 Å². The Hall–Kier alpha value is -2.86.